The number of nitrogens with one attached hydrogen (secondary N) is 1. The molecular weight excluding hydrogens is 526 g/mol. The van der Waals surface area contributed by atoms with E-state index in [9.17, 15) is 8.42 Å². The van der Waals surface area contributed by atoms with E-state index in [2.05, 4.69) is 26.1 Å². The molecule has 4 aromatic rings. The number of sulfonamides is 1. The van der Waals surface area contributed by atoms with Crippen molar-refractivity contribution in [1.29, 1.82) is 0 Å². The number of ether oxygens (including phenoxy) is 2. The van der Waals surface area contributed by atoms with Crippen LogP contribution in [0.3, 0.4) is 0 Å². The molecule has 13 heteroatoms. The molecule has 1 atom stereocenters. The number of methoxy groups -OCH3 is 1. The third-order valence-corrected chi connectivity index (χ3v) is 9.56. The highest BCUT2D eigenvalue weighted by Crippen LogP contribution is 2.36. The molecule has 11 nitrogen and oxygen atoms in total. The van der Waals surface area contributed by atoms with Crippen molar-refractivity contribution >= 4 is 48.3 Å². The molecular formula is C25H31N7O4S2. The lowest BCUT2D eigenvalue weighted by Crippen LogP contribution is -2.56. The molecule has 0 bridgehead atoms. The van der Waals surface area contributed by atoms with Crippen LogP contribution < -0.4 is 4.90 Å². The van der Waals surface area contributed by atoms with Crippen LogP contribution in [-0.2, 0) is 26.0 Å². The molecule has 0 radical (unpaired) electrons. The number of nitrogens with zero attached hydrogens (tertiary/aromatic N) is 6. The van der Waals surface area contributed by atoms with E-state index in [0.717, 1.165) is 45.6 Å². The Bertz CT molecular complexity index is 1550. The molecule has 1 N–H and O–H groups in total. The third kappa shape index (κ3) is 5.01. The quantitative estimate of drug-likeness (QED) is 0.365. The van der Waals surface area contributed by atoms with Gasteiger partial charge in [-0.25, -0.2) is 18.4 Å². The van der Waals surface area contributed by atoms with Crippen molar-refractivity contribution in [2.75, 3.05) is 70.8 Å². The Labute approximate surface area is 225 Å². The highest BCUT2D eigenvalue weighted by atomic mass is 32.2. The molecule has 38 heavy (non-hydrogen) atoms. The topological polar surface area (TPSA) is 117 Å². The van der Waals surface area contributed by atoms with Gasteiger partial charge in [-0.15, -0.1) is 11.3 Å². The lowest BCUT2D eigenvalue weighted by atomic mass is 10.1. The van der Waals surface area contributed by atoms with Crippen LogP contribution in [0.4, 0.5) is 5.82 Å². The van der Waals surface area contributed by atoms with Gasteiger partial charge in [0.2, 0.25) is 10.0 Å². The van der Waals surface area contributed by atoms with E-state index in [1.165, 1.54) is 11.1 Å². The van der Waals surface area contributed by atoms with Gasteiger partial charge in [0.25, 0.3) is 0 Å². The average Bonchev–Trinajstić information content (AvgIpc) is 3.55. The summed E-state index contributed by atoms with van der Waals surface area (Å²) in [6.45, 7) is 5.71. The Morgan fingerprint density at radius 1 is 1.18 bits per heavy atom. The van der Waals surface area contributed by atoms with Crippen molar-refractivity contribution in [2.24, 2.45) is 0 Å². The van der Waals surface area contributed by atoms with E-state index in [0.29, 0.717) is 51.8 Å². The smallest absolute Gasteiger partial charge is 0.211 e. The molecule has 1 aromatic carbocycles. The number of hydrogen-bond acceptors (Lipinski definition) is 10. The van der Waals surface area contributed by atoms with Crippen molar-refractivity contribution in [3.05, 3.63) is 35.3 Å². The first-order valence-electron chi connectivity index (χ1n) is 12.6. The molecule has 2 fully saturated rings. The second-order valence-corrected chi connectivity index (χ2v) is 12.8. The number of aromatic nitrogens is 4. The monoisotopic (exact) mass is 557 g/mol. The van der Waals surface area contributed by atoms with Gasteiger partial charge in [0, 0.05) is 62.2 Å². The predicted molar refractivity (Wildman–Crippen MR) is 148 cm³/mol. The van der Waals surface area contributed by atoms with Crippen molar-refractivity contribution in [2.45, 2.75) is 12.6 Å². The molecule has 2 saturated heterocycles. The van der Waals surface area contributed by atoms with Crippen molar-refractivity contribution in [3.8, 4) is 11.4 Å². The summed E-state index contributed by atoms with van der Waals surface area (Å²) in [5.41, 5.74) is 2.81. The predicted octanol–water partition coefficient (Wildman–Crippen LogP) is 2.16. The number of benzene rings is 1. The first-order chi connectivity index (χ1) is 18.4. The van der Waals surface area contributed by atoms with Gasteiger partial charge in [-0.2, -0.15) is 9.40 Å². The summed E-state index contributed by atoms with van der Waals surface area (Å²) in [4.78, 5) is 15.8. The van der Waals surface area contributed by atoms with Gasteiger partial charge >= 0.3 is 0 Å². The molecule has 0 saturated carbocycles. The second-order valence-electron chi connectivity index (χ2n) is 9.75. The van der Waals surface area contributed by atoms with Crippen LogP contribution >= 0.6 is 11.3 Å². The van der Waals surface area contributed by atoms with Crippen molar-refractivity contribution in [1.82, 2.24) is 29.4 Å². The fourth-order valence-electron chi connectivity index (χ4n) is 5.35. The SMILES string of the molecule is COCC1CN(Cc2cc3nc(-c4cccc5[nH]ncc45)nc(N4CCOCC4)c3s2)CCN1S(C)(=O)=O. The standard InChI is InChI=1S/C25H31N7O4S2/c1-35-16-17-14-30(6-7-32(17)38(2,33)34)15-18-12-22-23(37-18)25(31-8-10-36-11-9-31)28-24(27-22)19-4-3-5-21-20(19)13-26-29-21/h3-5,12-13,17H,6-11,14-16H2,1-2H3,(H,26,29). The fraction of sp³-hybridized carbons (Fsp3) is 0.480. The normalized spacial score (nSPS) is 20.1. The van der Waals surface area contributed by atoms with Gasteiger partial charge in [0.05, 0.1) is 54.0 Å². The number of morpholine rings is 1. The van der Waals surface area contributed by atoms with Gasteiger partial charge in [0.1, 0.15) is 0 Å². The summed E-state index contributed by atoms with van der Waals surface area (Å²) in [5.74, 6) is 1.61. The van der Waals surface area contributed by atoms with Crippen molar-refractivity contribution < 1.29 is 17.9 Å². The maximum atomic E-state index is 12.3. The minimum atomic E-state index is -3.29. The Morgan fingerprint density at radius 3 is 2.82 bits per heavy atom. The van der Waals surface area contributed by atoms with Crippen molar-refractivity contribution in [3.63, 3.8) is 0 Å². The molecule has 1 unspecified atom stereocenters. The number of rotatable bonds is 7. The van der Waals surface area contributed by atoms with E-state index in [4.69, 9.17) is 19.4 Å². The summed E-state index contributed by atoms with van der Waals surface area (Å²) >= 11 is 1.71. The molecule has 202 valence electrons. The first-order valence-corrected chi connectivity index (χ1v) is 15.3. The third-order valence-electron chi connectivity index (χ3n) is 7.12. The molecule has 0 aliphatic carbocycles. The maximum absolute atomic E-state index is 12.3. The van der Waals surface area contributed by atoms with E-state index in [-0.39, 0.29) is 6.04 Å². The summed E-state index contributed by atoms with van der Waals surface area (Å²) in [6.07, 6.45) is 3.09. The van der Waals surface area contributed by atoms with Crippen LogP contribution in [-0.4, -0.2) is 110 Å². The van der Waals surface area contributed by atoms with Crippen LogP contribution in [0.25, 0.3) is 32.5 Å². The van der Waals surface area contributed by atoms with Gasteiger partial charge in [-0.1, -0.05) is 12.1 Å². The lowest BCUT2D eigenvalue weighted by Gasteiger charge is -2.39. The number of thiophene rings is 1. The molecule has 0 spiro atoms. The number of anilines is 1. The van der Waals surface area contributed by atoms with Gasteiger partial charge in [-0.3, -0.25) is 10.00 Å². The van der Waals surface area contributed by atoms with Crippen LogP contribution in [0, 0.1) is 0 Å². The Balaban J connectivity index is 1.35. The fourth-order valence-corrected chi connectivity index (χ4v) is 7.58. The lowest BCUT2D eigenvalue weighted by molar-refractivity contribution is 0.0671. The summed E-state index contributed by atoms with van der Waals surface area (Å²) in [7, 11) is -1.68. The van der Waals surface area contributed by atoms with Crippen LogP contribution in [0.15, 0.2) is 30.5 Å². The number of aromatic amines is 1. The zero-order chi connectivity index (χ0) is 26.3. The van der Waals surface area contributed by atoms with E-state index in [1.54, 1.807) is 22.8 Å². The van der Waals surface area contributed by atoms with Crippen LogP contribution in [0.2, 0.25) is 0 Å². The maximum Gasteiger partial charge on any atom is 0.211 e. The molecule has 3 aromatic heterocycles. The zero-order valence-corrected chi connectivity index (χ0v) is 23.1. The number of hydrogen-bond donors (Lipinski definition) is 1. The summed E-state index contributed by atoms with van der Waals surface area (Å²) in [6, 6.07) is 7.97. The van der Waals surface area contributed by atoms with Gasteiger partial charge in [0.15, 0.2) is 11.6 Å². The number of H-pyrrole nitrogens is 1. The number of fused-ring (bicyclic) bond motifs is 2. The van der Waals surface area contributed by atoms with Crippen LogP contribution in [0.5, 0.6) is 0 Å². The Kier molecular flexibility index (Phi) is 7.05. The highest BCUT2D eigenvalue weighted by molar-refractivity contribution is 7.88. The van der Waals surface area contributed by atoms with E-state index < -0.39 is 10.0 Å². The second kappa shape index (κ2) is 10.5. The largest absolute Gasteiger partial charge is 0.383 e. The summed E-state index contributed by atoms with van der Waals surface area (Å²) < 4.78 is 38.1. The minimum Gasteiger partial charge on any atom is -0.383 e. The Hall–Kier alpha value is -2.68. The zero-order valence-electron chi connectivity index (χ0n) is 21.5. The average molecular weight is 558 g/mol. The highest BCUT2D eigenvalue weighted by Gasteiger charge is 2.33. The van der Waals surface area contributed by atoms with E-state index in [1.807, 2.05) is 24.4 Å². The van der Waals surface area contributed by atoms with Crippen LogP contribution in [0.1, 0.15) is 4.88 Å². The molecule has 2 aliphatic heterocycles. The first kappa shape index (κ1) is 25.6. The molecule has 2 aliphatic rings. The van der Waals surface area contributed by atoms with E-state index >= 15 is 0 Å². The van der Waals surface area contributed by atoms with Gasteiger partial charge in [-0.05, 0) is 12.1 Å². The summed E-state index contributed by atoms with van der Waals surface area (Å²) in [5, 5.41) is 8.23. The molecule has 0 amide bonds. The molecule has 5 heterocycles. The van der Waals surface area contributed by atoms with Gasteiger partial charge < -0.3 is 14.4 Å². The minimum absolute atomic E-state index is 0.205. The Morgan fingerprint density at radius 2 is 2.03 bits per heavy atom. The number of piperazine rings is 1. The molecule has 6 rings (SSSR count).